The molecule has 13 heavy (non-hydrogen) atoms. The number of hydrogen-bond acceptors (Lipinski definition) is 2. The summed E-state index contributed by atoms with van der Waals surface area (Å²) in [6.45, 7) is 3.65. The third-order valence-corrected chi connectivity index (χ3v) is 3.08. The second-order valence-electron chi connectivity index (χ2n) is 3.98. The molecule has 0 bridgehead atoms. The third kappa shape index (κ3) is 1.70. The SMILES string of the molecule is CC1OCCCN1C(=O)C1CCC1. The minimum atomic E-state index is 0.00171. The van der Waals surface area contributed by atoms with Gasteiger partial charge in [-0.25, -0.2) is 0 Å². The van der Waals surface area contributed by atoms with E-state index in [0.717, 1.165) is 32.4 Å². The Balaban J connectivity index is 1.93. The largest absolute Gasteiger partial charge is 0.359 e. The van der Waals surface area contributed by atoms with Crippen LogP contribution >= 0.6 is 0 Å². The zero-order valence-corrected chi connectivity index (χ0v) is 8.16. The molecule has 1 unspecified atom stereocenters. The van der Waals surface area contributed by atoms with Gasteiger partial charge >= 0.3 is 0 Å². The fraction of sp³-hybridized carbons (Fsp3) is 0.900. The normalized spacial score (nSPS) is 29.9. The summed E-state index contributed by atoms with van der Waals surface area (Å²) in [6.07, 6.45) is 4.38. The molecule has 1 saturated heterocycles. The molecular formula is C10H17NO2. The Morgan fingerprint density at radius 1 is 1.38 bits per heavy atom. The van der Waals surface area contributed by atoms with Crippen LogP contribution in [0.5, 0.6) is 0 Å². The average Bonchev–Trinajstić information content (AvgIpc) is 2.01. The van der Waals surface area contributed by atoms with E-state index in [0.29, 0.717) is 11.8 Å². The summed E-state index contributed by atoms with van der Waals surface area (Å²) < 4.78 is 5.44. The molecule has 0 radical (unpaired) electrons. The summed E-state index contributed by atoms with van der Waals surface area (Å²) in [5, 5.41) is 0. The Kier molecular flexibility index (Phi) is 2.54. The van der Waals surface area contributed by atoms with Crippen molar-refractivity contribution < 1.29 is 9.53 Å². The molecule has 2 fully saturated rings. The second-order valence-corrected chi connectivity index (χ2v) is 3.98. The van der Waals surface area contributed by atoms with Gasteiger partial charge in [0, 0.05) is 12.5 Å². The molecule has 3 nitrogen and oxygen atoms in total. The van der Waals surface area contributed by atoms with Crippen molar-refractivity contribution in [2.45, 2.75) is 38.8 Å². The van der Waals surface area contributed by atoms with E-state index in [1.54, 1.807) is 0 Å². The molecule has 3 heteroatoms. The van der Waals surface area contributed by atoms with Crippen LogP contribution in [0.15, 0.2) is 0 Å². The van der Waals surface area contributed by atoms with Gasteiger partial charge in [0.25, 0.3) is 0 Å². The van der Waals surface area contributed by atoms with Crippen molar-refractivity contribution in [2.24, 2.45) is 5.92 Å². The summed E-state index contributed by atoms with van der Waals surface area (Å²) in [5.74, 6) is 0.627. The molecule has 1 saturated carbocycles. The maximum atomic E-state index is 11.8. The molecule has 0 aromatic heterocycles. The third-order valence-electron chi connectivity index (χ3n) is 3.08. The van der Waals surface area contributed by atoms with Crippen LogP contribution in [0.3, 0.4) is 0 Å². The summed E-state index contributed by atoms with van der Waals surface area (Å²) >= 11 is 0. The predicted molar refractivity (Wildman–Crippen MR) is 49.1 cm³/mol. The number of rotatable bonds is 1. The first-order chi connectivity index (χ1) is 6.29. The van der Waals surface area contributed by atoms with E-state index in [1.165, 1.54) is 6.42 Å². The predicted octanol–water partition coefficient (Wildman–Crippen LogP) is 1.38. The Bertz CT molecular complexity index is 201. The van der Waals surface area contributed by atoms with E-state index in [9.17, 15) is 4.79 Å². The Morgan fingerprint density at radius 3 is 2.69 bits per heavy atom. The van der Waals surface area contributed by atoms with Crippen LogP contribution in [0.4, 0.5) is 0 Å². The van der Waals surface area contributed by atoms with Crippen molar-refractivity contribution in [2.75, 3.05) is 13.2 Å². The van der Waals surface area contributed by atoms with Gasteiger partial charge in [-0.1, -0.05) is 6.42 Å². The lowest BCUT2D eigenvalue weighted by molar-refractivity contribution is -0.158. The van der Waals surface area contributed by atoms with E-state index in [-0.39, 0.29) is 6.23 Å². The molecule has 2 rings (SSSR count). The molecule has 0 aromatic carbocycles. The molecule has 1 heterocycles. The number of hydrogen-bond donors (Lipinski definition) is 0. The lowest BCUT2D eigenvalue weighted by Crippen LogP contribution is -2.48. The fourth-order valence-corrected chi connectivity index (χ4v) is 1.94. The Morgan fingerprint density at radius 2 is 2.15 bits per heavy atom. The zero-order valence-electron chi connectivity index (χ0n) is 8.16. The molecule has 1 aliphatic heterocycles. The van der Waals surface area contributed by atoms with E-state index in [2.05, 4.69) is 0 Å². The maximum absolute atomic E-state index is 11.8. The van der Waals surface area contributed by atoms with Gasteiger partial charge in [0.05, 0.1) is 6.61 Å². The first-order valence-corrected chi connectivity index (χ1v) is 5.21. The van der Waals surface area contributed by atoms with Crippen molar-refractivity contribution >= 4 is 5.91 Å². The fourth-order valence-electron chi connectivity index (χ4n) is 1.94. The molecule has 1 aliphatic carbocycles. The Labute approximate surface area is 79.0 Å². The topological polar surface area (TPSA) is 29.5 Å². The van der Waals surface area contributed by atoms with Crippen molar-refractivity contribution in [1.29, 1.82) is 0 Å². The van der Waals surface area contributed by atoms with Gasteiger partial charge in [-0.3, -0.25) is 4.79 Å². The second kappa shape index (κ2) is 3.66. The zero-order chi connectivity index (χ0) is 9.26. The number of amides is 1. The van der Waals surface area contributed by atoms with Crippen LogP contribution in [0.25, 0.3) is 0 Å². The minimum Gasteiger partial charge on any atom is -0.359 e. The lowest BCUT2D eigenvalue weighted by atomic mass is 9.84. The molecule has 0 spiro atoms. The number of nitrogens with zero attached hydrogens (tertiary/aromatic N) is 1. The average molecular weight is 183 g/mol. The van der Waals surface area contributed by atoms with Gasteiger partial charge < -0.3 is 9.64 Å². The van der Waals surface area contributed by atoms with Crippen LogP contribution < -0.4 is 0 Å². The molecule has 2 aliphatic rings. The monoisotopic (exact) mass is 183 g/mol. The first kappa shape index (κ1) is 9.00. The number of carbonyl (C=O) groups excluding carboxylic acids is 1. The highest BCUT2D eigenvalue weighted by Crippen LogP contribution is 2.29. The van der Waals surface area contributed by atoms with Crippen LogP contribution in [-0.4, -0.2) is 30.2 Å². The van der Waals surface area contributed by atoms with Gasteiger partial charge in [0.2, 0.25) is 5.91 Å². The summed E-state index contributed by atoms with van der Waals surface area (Å²) in [4.78, 5) is 13.7. The highest BCUT2D eigenvalue weighted by atomic mass is 16.5. The molecule has 0 aromatic rings. The smallest absolute Gasteiger partial charge is 0.227 e. The van der Waals surface area contributed by atoms with Gasteiger partial charge in [-0.05, 0) is 26.2 Å². The number of ether oxygens (including phenoxy) is 1. The Hall–Kier alpha value is -0.570. The van der Waals surface area contributed by atoms with Gasteiger partial charge in [0.1, 0.15) is 6.23 Å². The van der Waals surface area contributed by atoms with Crippen LogP contribution in [0.2, 0.25) is 0 Å². The minimum absolute atomic E-state index is 0.00171. The van der Waals surface area contributed by atoms with Crippen molar-refractivity contribution in [3.63, 3.8) is 0 Å². The van der Waals surface area contributed by atoms with Crippen molar-refractivity contribution in [3.8, 4) is 0 Å². The molecular weight excluding hydrogens is 166 g/mol. The molecule has 0 N–H and O–H groups in total. The van der Waals surface area contributed by atoms with Crippen LogP contribution in [0.1, 0.15) is 32.6 Å². The standard InChI is InChI=1S/C10H17NO2/c1-8-11(6-3-7-13-8)10(12)9-4-2-5-9/h8-9H,2-7H2,1H3. The van der Waals surface area contributed by atoms with Gasteiger partial charge in [-0.15, -0.1) is 0 Å². The summed E-state index contributed by atoms with van der Waals surface area (Å²) in [5.41, 5.74) is 0. The van der Waals surface area contributed by atoms with E-state index < -0.39 is 0 Å². The van der Waals surface area contributed by atoms with Gasteiger partial charge in [0.15, 0.2) is 0 Å². The highest BCUT2D eigenvalue weighted by Gasteiger charge is 2.32. The molecule has 1 amide bonds. The van der Waals surface area contributed by atoms with E-state index in [1.807, 2.05) is 11.8 Å². The van der Waals surface area contributed by atoms with Gasteiger partial charge in [-0.2, -0.15) is 0 Å². The van der Waals surface area contributed by atoms with Crippen molar-refractivity contribution in [1.82, 2.24) is 4.90 Å². The van der Waals surface area contributed by atoms with E-state index in [4.69, 9.17) is 4.74 Å². The van der Waals surface area contributed by atoms with Crippen LogP contribution in [0, 0.1) is 5.92 Å². The van der Waals surface area contributed by atoms with E-state index >= 15 is 0 Å². The summed E-state index contributed by atoms with van der Waals surface area (Å²) in [6, 6.07) is 0. The maximum Gasteiger partial charge on any atom is 0.227 e. The van der Waals surface area contributed by atoms with Crippen molar-refractivity contribution in [3.05, 3.63) is 0 Å². The summed E-state index contributed by atoms with van der Waals surface area (Å²) in [7, 11) is 0. The number of carbonyl (C=O) groups is 1. The quantitative estimate of drug-likeness (QED) is 0.614. The first-order valence-electron chi connectivity index (χ1n) is 5.21. The molecule has 74 valence electrons. The molecule has 1 atom stereocenters. The lowest BCUT2D eigenvalue weighted by Gasteiger charge is -2.37. The van der Waals surface area contributed by atoms with Crippen LogP contribution in [-0.2, 0) is 9.53 Å². The highest BCUT2D eigenvalue weighted by molar-refractivity contribution is 5.79.